The largest absolute Gasteiger partial charge is 0.338 e. The number of unbranched alkanes of at least 4 members (excludes halogenated alkanes) is 1. The standard InChI is InChI=1S/C13H23N3O/c1-3-4-5-11(14)13-15-12(16-17-13)10-7-6-9(2)8-10/h9-11H,3-8,14H2,1-2H3/t9?,10?,11-/m0/s1. The summed E-state index contributed by atoms with van der Waals surface area (Å²) in [7, 11) is 0. The van der Waals surface area contributed by atoms with Gasteiger partial charge in [-0.25, -0.2) is 0 Å². The first-order valence-electron chi connectivity index (χ1n) is 6.79. The molecule has 3 atom stereocenters. The minimum absolute atomic E-state index is 0.0879. The van der Waals surface area contributed by atoms with Crippen LogP contribution < -0.4 is 5.73 Å². The van der Waals surface area contributed by atoms with Crippen LogP contribution in [0.5, 0.6) is 0 Å². The monoisotopic (exact) mass is 237 g/mol. The molecule has 1 fully saturated rings. The molecule has 96 valence electrons. The smallest absolute Gasteiger partial charge is 0.243 e. The Balaban J connectivity index is 1.95. The SMILES string of the molecule is CCCC[C@H](N)c1nc(C2CCC(C)C2)no1. The number of aromatic nitrogens is 2. The summed E-state index contributed by atoms with van der Waals surface area (Å²) in [6, 6.07) is -0.0879. The van der Waals surface area contributed by atoms with Crippen molar-refractivity contribution >= 4 is 0 Å². The number of nitrogens with two attached hydrogens (primary N) is 1. The Morgan fingerprint density at radius 2 is 2.29 bits per heavy atom. The normalized spacial score (nSPS) is 26.3. The van der Waals surface area contributed by atoms with Crippen LogP contribution in [-0.4, -0.2) is 10.1 Å². The Bertz CT molecular complexity index is 350. The number of rotatable bonds is 5. The molecule has 17 heavy (non-hydrogen) atoms. The minimum Gasteiger partial charge on any atom is -0.338 e. The second-order valence-electron chi connectivity index (χ2n) is 5.35. The zero-order chi connectivity index (χ0) is 12.3. The topological polar surface area (TPSA) is 64.9 Å². The summed E-state index contributed by atoms with van der Waals surface area (Å²) in [6.45, 7) is 4.44. The van der Waals surface area contributed by atoms with E-state index in [1.165, 1.54) is 19.3 Å². The van der Waals surface area contributed by atoms with Gasteiger partial charge in [0.1, 0.15) is 0 Å². The molecular weight excluding hydrogens is 214 g/mol. The van der Waals surface area contributed by atoms with E-state index in [1.807, 2.05) is 0 Å². The zero-order valence-electron chi connectivity index (χ0n) is 10.9. The molecule has 0 radical (unpaired) electrons. The highest BCUT2D eigenvalue weighted by Gasteiger charge is 2.27. The number of hydrogen-bond donors (Lipinski definition) is 1. The molecule has 1 aliphatic carbocycles. The van der Waals surface area contributed by atoms with Crippen LogP contribution >= 0.6 is 0 Å². The molecule has 0 bridgehead atoms. The Hall–Kier alpha value is -0.900. The van der Waals surface area contributed by atoms with E-state index in [4.69, 9.17) is 10.3 Å². The molecule has 0 spiro atoms. The van der Waals surface area contributed by atoms with Gasteiger partial charge in [0, 0.05) is 5.92 Å². The maximum Gasteiger partial charge on any atom is 0.243 e. The lowest BCUT2D eigenvalue weighted by Gasteiger charge is -2.04. The van der Waals surface area contributed by atoms with Crippen LogP contribution in [0, 0.1) is 5.92 Å². The molecule has 2 rings (SSSR count). The summed E-state index contributed by atoms with van der Waals surface area (Å²) in [6.07, 6.45) is 6.83. The molecule has 1 saturated carbocycles. The fourth-order valence-corrected chi connectivity index (χ4v) is 2.55. The molecule has 1 aromatic heterocycles. The molecule has 4 nitrogen and oxygen atoms in total. The summed E-state index contributed by atoms with van der Waals surface area (Å²) in [5.74, 6) is 2.76. The van der Waals surface area contributed by atoms with Gasteiger partial charge in [-0.2, -0.15) is 4.98 Å². The second kappa shape index (κ2) is 5.63. The van der Waals surface area contributed by atoms with Gasteiger partial charge in [-0.15, -0.1) is 0 Å². The predicted octanol–water partition coefficient (Wildman–Crippen LogP) is 3.16. The molecule has 4 heteroatoms. The molecule has 1 heterocycles. The summed E-state index contributed by atoms with van der Waals surface area (Å²) in [5, 5.41) is 4.10. The van der Waals surface area contributed by atoms with Gasteiger partial charge in [0.05, 0.1) is 6.04 Å². The maximum absolute atomic E-state index is 6.02. The van der Waals surface area contributed by atoms with Crippen LogP contribution in [0.1, 0.15) is 76.0 Å². The van der Waals surface area contributed by atoms with Crippen molar-refractivity contribution in [2.24, 2.45) is 11.7 Å². The van der Waals surface area contributed by atoms with Gasteiger partial charge in [0.25, 0.3) is 0 Å². The van der Waals surface area contributed by atoms with Gasteiger partial charge < -0.3 is 10.3 Å². The third kappa shape index (κ3) is 3.06. The lowest BCUT2D eigenvalue weighted by Crippen LogP contribution is -2.10. The predicted molar refractivity (Wildman–Crippen MR) is 66.5 cm³/mol. The summed E-state index contributed by atoms with van der Waals surface area (Å²) in [4.78, 5) is 4.48. The fraction of sp³-hybridized carbons (Fsp3) is 0.846. The van der Waals surface area contributed by atoms with E-state index < -0.39 is 0 Å². The molecule has 2 unspecified atom stereocenters. The van der Waals surface area contributed by atoms with Crippen LogP contribution in [0.25, 0.3) is 0 Å². The van der Waals surface area contributed by atoms with Crippen molar-refractivity contribution in [3.8, 4) is 0 Å². The third-order valence-electron chi connectivity index (χ3n) is 3.70. The van der Waals surface area contributed by atoms with E-state index in [-0.39, 0.29) is 6.04 Å². The second-order valence-corrected chi connectivity index (χ2v) is 5.35. The Morgan fingerprint density at radius 1 is 1.47 bits per heavy atom. The molecule has 0 aliphatic heterocycles. The first-order chi connectivity index (χ1) is 8.20. The molecule has 0 amide bonds. The number of nitrogens with zero attached hydrogens (tertiary/aromatic N) is 2. The van der Waals surface area contributed by atoms with Crippen molar-refractivity contribution in [3.63, 3.8) is 0 Å². The first kappa shape index (κ1) is 12.6. The quantitative estimate of drug-likeness (QED) is 0.854. The van der Waals surface area contributed by atoms with Crippen molar-refractivity contribution in [3.05, 3.63) is 11.7 Å². The van der Waals surface area contributed by atoms with Crippen molar-refractivity contribution in [1.82, 2.24) is 10.1 Å². The van der Waals surface area contributed by atoms with Crippen molar-refractivity contribution in [1.29, 1.82) is 0 Å². The highest BCUT2D eigenvalue weighted by Crippen LogP contribution is 2.36. The van der Waals surface area contributed by atoms with Gasteiger partial charge >= 0.3 is 0 Å². The molecule has 1 aliphatic rings. The summed E-state index contributed by atoms with van der Waals surface area (Å²) >= 11 is 0. The lowest BCUT2D eigenvalue weighted by atomic mass is 10.1. The van der Waals surface area contributed by atoms with Crippen LogP contribution in [0.3, 0.4) is 0 Å². The van der Waals surface area contributed by atoms with Crippen LogP contribution in [0.2, 0.25) is 0 Å². The molecule has 0 saturated heterocycles. The lowest BCUT2D eigenvalue weighted by molar-refractivity contribution is 0.340. The highest BCUT2D eigenvalue weighted by atomic mass is 16.5. The van der Waals surface area contributed by atoms with Gasteiger partial charge in [0.15, 0.2) is 5.82 Å². The van der Waals surface area contributed by atoms with E-state index in [2.05, 4.69) is 24.0 Å². The van der Waals surface area contributed by atoms with Gasteiger partial charge in [-0.05, 0) is 31.6 Å². The van der Waals surface area contributed by atoms with E-state index >= 15 is 0 Å². The third-order valence-corrected chi connectivity index (χ3v) is 3.70. The maximum atomic E-state index is 6.02. The fourth-order valence-electron chi connectivity index (χ4n) is 2.55. The average Bonchev–Trinajstić information content (AvgIpc) is 2.93. The highest BCUT2D eigenvalue weighted by molar-refractivity contribution is 5.00. The van der Waals surface area contributed by atoms with Crippen LogP contribution in [0.4, 0.5) is 0 Å². The summed E-state index contributed by atoms with van der Waals surface area (Å²) in [5.41, 5.74) is 6.02. The Kier molecular flexibility index (Phi) is 4.15. The zero-order valence-corrected chi connectivity index (χ0v) is 10.9. The molecular formula is C13H23N3O. The van der Waals surface area contributed by atoms with Gasteiger partial charge in [-0.3, -0.25) is 0 Å². The van der Waals surface area contributed by atoms with E-state index in [0.29, 0.717) is 11.8 Å². The first-order valence-corrected chi connectivity index (χ1v) is 6.79. The van der Waals surface area contributed by atoms with Gasteiger partial charge in [-0.1, -0.05) is 31.8 Å². The van der Waals surface area contributed by atoms with Crippen LogP contribution in [0.15, 0.2) is 4.52 Å². The minimum atomic E-state index is -0.0879. The molecule has 2 N–H and O–H groups in total. The van der Waals surface area contributed by atoms with Crippen molar-refractivity contribution in [2.75, 3.05) is 0 Å². The number of hydrogen-bond acceptors (Lipinski definition) is 4. The van der Waals surface area contributed by atoms with E-state index in [1.54, 1.807) is 0 Å². The Morgan fingerprint density at radius 3 is 2.94 bits per heavy atom. The van der Waals surface area contributed by atoms with E-state index in [9.17, 15) is 0 Å². The summed E-state index contributed by atoms with van der Waals surface area (Å²) < 4.78 is 5.29. The Labute approximate surface area is 103 Å². The average molecular weight is 237 g/mol. The molecule has 1 aromatic rings. The van der Waals surface area contributed by atoms with Crippen molar-refractivity contribution in [2.45, 2.75) is 64.3 Å². The van der Waals surface area contributed by atoms with Crippen molar-refractivity contribution < 1.29 is 4.52 Å². The van der Waals surface area contributed by atoms with E-state index in [0.717, 1.165) is 31.0 Å². The van der Waals surface area contributed by atoms with Crippen LogP contribution in [-0.2, 0) is 0 Å². The van der Waals surface area contributed by atoms with Gasteiger partial charge in [0.2, 0.25) is 5.89 Å². The molecule has 0 aromatic carbocycles.